The minimum Gasteiger partial charge on any atom is -0.496 e. The molecule has 0 aliphatic rings. The van der Waals surface area contributed by atoms with Crippen LogP contribution >= 0.6 is 0 Å². The summed E-state index contributed by atoms with van der Waals surface area (Å²) in [5.41, 5.74) is 4.89. The highest BCUT2D eigenvalue weighted by Crippen LogP contribution is 2.33. The van der Waals surface area contributed by atoms with Crippen molar-refractivity contribution in [3.05, 3.63) is 72.9 Å². The van der Waals surface area contributed by atoms with E-state index in [-0.39, 0.29) is 0 Å². The lowest BCUT2D eigenvalue weighted by Crippen LogP contribution is -1.98. The number of hydrogen-bond acceptors (Lipinski definition) is 5. The molecule has 2 aromatic carbocycles. The van der Waals surface area contributed by atoms with Gasteiger partial charge in [0.25, 0.3) is 0 Å². The molecular weight excluding hydrogens is 316 g/mol. The number of hydrogen-bond donors (Lipinski definition) is 0. The van der Waals surface area contributed by atoms with Crippen LogP contribution in [-0.4, -0.2) is 27.0 Å². The van der Waals surface area contributed by atoms with Gasteiger partial charge in [0, 0.05) is 30.1 Å². The first-order valence-electron chi connectivity index (χ1n) is 7.84. The van der Waals surface area contributed by atoms with Crippen molar-refractivity contribution in [2.24, 2.45) is 0 Å². The Balaban J connectivity index is 1.74. The SMILES string of the molecule is COc1ccc(Cn2ccnc2)cc1-c1cccc(-c2cnon2)c1. The van der Waals surface area contributed by atoms with Gasteiger partial charge in [-0.3, -0.25) is 0 Å². The van der Waals surface area contributed by atoms with Crippen LogP contribution in [0.25, 0.3) is 22.4 Å². The highest BCUT2D eigenvalue weighted by Gasteiger charge is 2.10. The molecule has 2 heterocycles. The summed E-state index contributed by atoms with van der Waals surface area (Å²) in [6.07, 6.45) is 7.13. The van der Waals surface area contributed by atoms with Crippen molar-refractivity contribution in [3.8, 4) is 28.1 Å². The standard InChI is InChI=1S/C19H16N4O2/c1-24-19-6-5-14(12-23-8-7-20-13-23)9-17(19)15-3-2-4-16(10-15)18-11-21-25-22-18/h2-11,13H,12H2,1H3. The molecule has 0 amide bonds. The Morgan fingerprint density at radius 3 is 2.80 bits per heavy atom. The molecular formula is C19H16N4O2. The fraction of sp³-hybridized carbons (Fsp3) is 0.105. The predicted octanol–water partition coefficient (Wildman–Crippen LogP) is 3.66. The highest BCUT2D eigenvalue weighted by atomic mass is 16.6. The third-order valence-corrected chi connectivity index (χ3v) is 4.02. The average Bonchev–Trinajstić information content (AvgIpc) is 3.36. The lowest BCUT2D eigenvalue weighted by Gasteiger charge is -2.12. The van der Waals surface area contributed by atoms with Gasteiger partial charge in [-0.05, 0) is 34.5 Å². The molecule has 0 aliphatic heterocycles. The molecule has 0 radical (unpaired) electrons. The molecule has 25 heavy (non-hydrogen) atoms. The fourth-order valence-electron chi connectivity index (χ4n) is 2.81. The first-order valence-corrected chi connectivity index (χ1v) is 7.84. The summed E-state index contributed by atoms with van der Waals surface area (Å²) < 4.78 is 12.3. The van der Waals surface area contributed by atoms with Gasteiger partial charge in [0.2, 0.25) is 0 Å². The molecule has 4 rings (SSSR count). The van der Waals surface area contributed by atoms with E-state index in [1.807, 2.05) is 35.3 Å². The van der Waals surface area contributed by atoms with Crippen LogP contribution in [0.1, 0.15) is 5.56 Å². The van der Waals surface area contributed by atoms with Crippen LogP contribution in [0.15, 0.2) is 72.0 Å². The van der Waals surface area contributed by atoms with Gasteiger partial charge in [0.05, 0.1) is 19.6 Å². The van der Waals surface area contributed by atoms with Gasteiger partial charge in [-0.2, -0.15) is 0 Å². The summed E-state index contributed by atoms with van der Waals surface area (Å²) in [6, 6.07) is 14.3. The van der Waals surface area contributed by atoms with Crippen molar-refractivity contribution in [1.82, 2.24) is 19.9 Å². The summed E-state index contributed by atoms with van der Waals surface area (Å²) in [6.45, 7) is 0.754. The molecule has 0 unspecified atom stereocenters. The molecule has 4 aromatic rings. The number of aromatic nitrogens is 4. The Bertz CT molecular complexity index is 963. The van der Waals surface area contributed by atoms with Gasteiger partial charge in [0.15, 0.2) is 0 Å². The van der Waals surface area contributed by atoms with E-state index >= 15 is 0 Å². The van der Waals surface area contributed by atoms with E-state index in [0.29, 0.717) is 5.69 Å². The maximum Gasteiger partial charge on any atom is 0.135 e. The van der Waals surface area contributed by atoms with Crippen molar-refractivity contribution < 1.29 is 9.37 Å². The number of rotatable bonds is 5. The predicted molar refractivity (Wildman–Crippen MR) is 93.1 cm³/mol. The van der Waals surface area contributed by atoms with Crippen LogP contribution < -0.4 is 4.74 Å². The minimum absolute atomic E-state index is 0.704. The average molecular weight is 332 g/mol. The van der Waals surface area contributed by atoms with Gasteiger partial charge in [-0.15, -0.1) is 0 Å². The molecule has 0 saturated heterocycles. The molecule has 0 N–H and O–H groups in total. The zero-order valence-corrected chi connectivity index (χ0v) is 13.7. The van der Waals surface area contributed by atoms with Crippen molar-refractivity contribution in [2.45, 2.75) is 6.54 Å². The molecule has 0 fully saturated rings. The van der Waals surface area contributed by atoms with E-state index in [1.165, 1.54) is 5.56 Å². The second-order valence-electron chi connectivity index (χ2n) is 5.64. The molecule has 0 saturated carbocycles. The second kappa shape index (κ2) is 6.60. The second-order valence-corrected chi connectivity index (χ2v) is 5.64. The van der Waals surface area contributed by atoms with Crippen LogP contribution in [0.2, 0.25) is 0 Å². The number of ether oxygens (including phenoxy) is 1. The van der Waals surface area contributed by atoms with E-state index in [2.05, 4.69) is 39.6 Å². The monoisotopic (exact) mass is 332 g/mol. The Morgan fingerprint density at radius 2 is 2.04 bits per heavy atom. The Morgan fingerprint density at radius 1 is 1.12 bits per heavy atom. The number of imidazole rings is 1. The maximum absolute atomic E-state index is 5.55. The number of methoxy groups -OCH3 is 1. The van der Waals surface area contributed by atoms with E-state index in [9.17, 15) is 0 Å². The lowest BCUT2D eigenvalue weighted by atomic mass is 9.99. The van der Waals surface area contributed by atoms with Crippen molar-refractivity contribution in [2.75, 3.05) is 7.11 Å². The van der Waals surface area contributed by atoms with Crippen molar-refractivity contribution >= 4 is 0 Å². The topological polar surface area (TPSA) is 66.0 Å². The smallest absolute Gasteiger partial charge is 0.135 e. The van der Waals surface area contributed by atoms with E-state index in [1.54, 1.807) is 19.5 Å². The summed E-state index contributed by atoms with van der Waals surface area (Å²) in [7, 11) is 1.68. The van der Waals surface area contributed by atoms with E-state index in [4.69, 9.17) is 9.37 Å². The van der Waals surface area contributed by atoms with Crippen molar-refractivity contribution in [3.63, 3.8) is 0 Å². The first kappa shape index (κ1) is 15.1. The first-order chi connectivity index (χ1) is 12.3. The van der Waals surface area contributed by atoms with Crippen molar-refractivity contribution in [1.29, 1.82) is 0 Å². The Labute approximate surface area is 144 Å². The Kier molecular flexibility index (Phi) is 4.00. The fourth-order valence-corrected chi connectivity index (χ4v) is 2.81. The summed E-state index contributed by atoms with van der Waals surface area (Å²) in [5, 5.41) is 7.57. The molecule has 0 spiro atoms. The molecule has 0 bridgehead atoms. The third kappa shape index (κ3) is 3.14. The zero-order chi connectivity index (χ0) is 17.1. The molecule has 6 heteroatoms. The normalized spacial score (nSPS) is 10.8. The number of benzene rings is 2. The summed E-state index contributed by atoms with van der Waals surface area (Å²) in [5.74, 6) is 0.824. The maximum atomic E-state index is 5.55. The largest absolute Gasteiger partial charge is 0.496 e. The minimum atomic E-state index is 0.704. The molecule has 6 nitrogen and oxygen atoms in total. The zero-order valence-electron chi connectivity index (χ0n) is 13.7. The van der Waals surface area contributed by atoms with Crippen LogP contribution in [0, 0.1) is 0 Å². The molecule has 2 aromatic heterocycles. The van der Waals surface area contributed by atoms with Crippen LogP contribution in [0.3, 0.4) is 0 Å². The van der Waals surface area contributed by atoms with Gasteiger partial charge >= 0.3 is 0 Å². The lowest BCUT2D eigenvalue weighted by molar-refractivity contribution is 0.308. The summed E-state index contributed by atoms with van der Waals surface area (Å²) >= 11 is 0. The van der Waals surface area contributed by atoms with Gasteiger partial charge in [0.1, 0.15) is 11.4 Å². The molecule has 0 aliphatic carbocycles. The summed E-state index contributed by atoms with van der Waals surface area (Å²) in [4.78, 5) is 4.09. The van der Waals surface area contributed by atoms with Crippen LogP contribution in [0.5, 0.6) is 5.75 Å². The van der Waals surface area contributed by atoms with E-state index in [0.717, 1.165) is 29.0 Å². The Hall–Kier alpha value is -3.41. The number of nitrogens with zero attached hydrogens (tertiary/aromatic N) is 4. The van der Waals surface area contributed by atoms with Crippen LogP contribution in [0.4, 0.5) is 0 Å². The van der Waals surface area contributed by atoms with Gasteiger partial charge in [-0.1, -0.05) is 29.4 Å². The van der Waals surface area contributed by atoms with E-state index < -0.39 is 0 Å². The quantitative estimate of drug-likeness (QED) is 0.558. The third-order valence-electron chi connectivity index (χ3n) is 4.02. The molecule has 124 valence electrons. The van der Waals surface area contributed by atoms with Gasteiger partial charge < -0.3 is 9.30 Å². The van der Waals surface area contributed by atoms with Gasteiger partial charge in [-0.25, -0.2) is 9.61 Å². The highest BCUT2D eigenvalue weighted by molar-refractivity contribution is 5.75. The van der Waals surface area contributed by atoms with Crippen LogP contribution in [-0.2, 0) is 6.54 Å². The molecule has 0 atom stereocenters.